The number of allylic oxidation sites excluding steroid dienone is 5. The fourth-order valence-electron chi connectivity index (χ4n) is 6.62. The number of carboxylic acid groups (broad SMARTS) is 1. The molecule has 3 fully saturated rings. The number of hydrogen-bond acceptors (Lipinski definition) is 6. The largest absolute Gasteiger partial charge is 0.478 e. The van der Waals surface area contributed by atoms with Gasteiger partial charge in [-0.2, -0.15) is 0 Å². The van der Waals surface area contributed by atoms with Crippen molar-refractivity contribution in [2.75, 3.05) is 7.11 Å². The molecule has 4 rings (SSSR count). The van der Waals surface area contributed by atoms with Crippen LogP contribution in [0.25, 0.3) is 0 Å². The van der Waals surface area contributed by atoms with E-state index in [1.54, 1.807) is 12.2 Å². The number of aliphatic hydroxyl groups is 1. The van der Waals surface area contributed by atoms with Crippen molar-refractivity contribution in [3.05, 3.63) is 48.1 Å². The number of carbonyl (C=O) groups excluding carboxylic acids is 1. The maximum Gasteiger partial charge on any atom is 0.333 e. The molecule has 4 aliphatic rings. The summed E-state index contributed by atoms with van der Waals surface area (Å²) in [5.74, 6) is -1.14. The molecule has 0 amide bonds. The van der Waals surface area contributed by atoms with Crippen LogP contribution >= 0.6 is 0 Å². The fraction of sp³-hybridized carbons (Fsp3) is 0.630. The van der Waals surface area contributed by atoms with Gasteiger partial charge >= 0.3 is 11.9 Å². The van der Waals surface area contributed by atoms with Crippen molar-refractivity contribution in [1.82, 2.24) is 0 Å². The lowest BCUT2D eigenvalue weighted by Gasteiger charge is -2.51. The summed E-state index contributed by atoms with van der Waals surface area (Å²) in [4.78, 5) is 22.9. The number of epoxide rings is 2. The van der Waals surface area contributed by atoms with Gasteiger partial charge in [-0.3, -0.25) is 0 Å². The maximum absolute atomic E-state index is 12.5. The summed E-state index contributed by atoms with van der Waals surface area (Å²) in [5, 5.41) is 21.3. The number of rotatable bonds is 8. The van der Waals surface area contributed by atoms with E-state index >= 15 is 0 Å². The van der Waals surface area contributed by atoms with Gasteiger partial charge in [0.25, 0.3) is 0 Å². The quantitative estimate of drug-likeness (QED) is 0.240. The van der Waals surface area contributed by atoms with Crippen LogP contribution in [0.5, 0.6) is 0 Å². The number of ether oxygens (including phenoxy) is 3. The van der Waals surface area contributed by atoms with Gasteiger partial charge < -0.3 is 24.4 Å². The van der Waals surface area contributed by atoms with E-state index in [-0.39, 0.29) is 35.9 Å². The minimum absolute atomic E-state index is 0.0598. The zero-order valence-corrected chi connectivity index (χ0v) is 20.6. The first kappa shape index (κ1) is 24.9. The number of methoxy groups -OCH3 is 1. The molecule has 0 spiro atoms. The fourth-order valence-corrected chi connectivity index (χ4v) is 6.62. The van der Waals surface area contributed by atoms with Crippen molar-refractivity contribution >= 4 is 11.9 Å². The van der Waals surface area contributed by atoms with Crippen molar-refractivity contribution in [1.29, 1.82) is 0 Å². The molecule has 9 atom stereocenters. The van der Waals surface area contributed by atoms with Gasteiger partial charge in [-0.1, -0.05) is 56.7 Å². The summed E-state index contributed by atoms with van der Waals surface area (Å²) in [6.45, 7) is 8.24. The van der Waals surface area contributed by atoms with Gasteiger partial charge in [0.2, 0.25) is 0 Å². The second kappa shape index (κ2) is 8.77. The number of esters is 1. The Hall–Kier alpha value is -2.22. The monoisotopic (exact) mass is 472 g/mol. The molecule has 7 nitrogen and oxygen atoms in total. The lowest BCUT2D eigenvalue weighted by atomic mass is 9.52. The molecule has 34 heavy (non-hydrogen) atoms. The van der Waals surface area contributed by atoms with Gasteiger partial charge in [-0.05, 0) is 44.4 Å². The third-order valence-electron chi connectivity index (χ3n) is 8.70. The van der Waals surface area contributed by atoms with E-state index in [9.17, 15) is 14.7 Å². The summed E-state index contributed by atoms with van der Waals surface area (Å²) in [6, 6.07) is 0. The molecule has 2 aliphatic carbocycles. The van der Waals surface area contributed by atoms with Crippen LogP contribution in [0.15, 0.2) is 48.1 Å². The number of hydrogen-bond donors (Lipinski definition) is 2. The van der Waals surface area contributed by atoms with Gasteiger partial charge in [0.15, 0.2) is 0 Å². The number of carbonyl (C=O) groups is 2. The van der Waals surface area contributed by atoms with Crippen molar-refractivity contribution in [2.45, 2.75) is 76.0 Å². The Bertz CT molecular complexity index is 964. The highest BCUT2D eigenvalue weighted by atomic mass is 16.7. The van der Waals surface area contributed by atoms with Crippen molar-refractivity contribution in [3.63, 3.8) is 0 Å². The molecule has 1 saturated carbocycles. The molecule has 2 aliphatic heterocycles. The van der Waals surface area contributed by atoms with Gasteiger partial charge in [-0.15, -0.1) is 0 Å². The van der Waals surface area contributed by atoms with Crippen molar-refractivity contribution < 1.29 is 34.0 Å². The zero-order valence-electron chi connectivity index (χ0n) is 20.6. The van der Waals surface area contributed by atoms with E-state index in [0.717, 1.165) is 12.5 Å². The second-order valence-electron chi connectivity index (χ2n) is 10.4. The van der Waals surface area contributed by atoms with E-state index in [0.29, 0.717) is 24.3 Å². The minimum Gasteiger partial charge on any atom is -0.478 e. The first-order valence-corrected chi connectivity index (χ1v) is 12.1. The van der Waals surface area contributed by atoms with E-state index in [1.807, 2.05) is 32.1 Å². The van der Waals surface area contributed by atoms with Crippen LogP contribution in [0.1, 0.15) is 47.0 Å². The Balaban J connectivity index is 1.70. The molecule has 0 aromatic heterocycles. The molecule has 2 saturated heterocycles. The average Bonchev–Trinajstić information content (AvgIpc) is 3.71. The molecule has 0 bridgehead atoms. The molecule has 1 unspecified atom stereocenters. The molecule has 186 valence electrons. The number of aliphatic carboxylic acids is 1. The molecule has 0 radical (unpaired) electrons. The Kier molecular flexibility index (Phi) is 6.42. The lowest BCUT2D eigenvalue weighted by molar-refractivity contribution is -0.145. The smallest absolute Gasteiger partial charge is 0.333 e. The summed E-state index contributed by atoms with van der Waals surface area (Å²) >= 11 is 0. The standard InChI is InChI=1S/C27H36O7/c1-6-16(2)22-25(3,33-22)27(31)20(11-9-7-8-10-12-21(28)29)18-14-13-17(24(30)32-5)15-19(18)23-26(27,4)34-23/h7-13,16,18-20,22-23,31H,6,14-15H2,1-5H3,(H,28,29)/b8-7+,11-9+,12-10+/t16?,18-,19-,20+,22-,23+,25-,26+,27+/m1/s1. The van der Waals surface area contributed by atoms with Gasteiger partial charge in [0.1, 0.15) is 16.8 Å². The number of carboxylic acids is 1. The summed E-state index contributed by atoms with van der Waals surface area (Å²) in [7, 11) is 1.39. The maximum atomic E-state index is 12.5. The van der Waals surface area contributed by atoms with Crippen LogP contribution in [-0.4, -0.2) is 58.3 Å². The molecular formula is C27H36O7. The number of fused-ring (bicyclic) bond motifs is 3. The SMILES string of the molecule is CCC(C)[C@H]1O[C@@]1(C)[C@@]1(O)[C@@H](/C=C/C=C/C=C/C(=O)O)[C@@H]2CC=C(C(=O)OC)C[C@H]2[C@@H]2O[C@@]21C. The second-order valence-corrected chi connectivity index (χ2v) is 10.4. The summed E-state index contributed by atoms with van der Waals surface area (Å²) in [5.41, 5.74) is -2.12. The van der Waals surface area contributed by atoms with Crippen LogP contribution < -0.4 is 0 Å². The first-order valence-electron chi connectivity index (χ1n) is 12.1. The third-order valence-corrected chi connectivity index (χ3v) is 8.70. The van der Waals surface area contributed by atoms with Crippen LogP contribution in [0.2, 0.25) is 0 Å². The van der Waals surface area contributed by atoms with E-state index in [4.69, 9.17) is 19.3 Å². The predicted molar refractivity (Wildman–Crippen MR) is 126 cm³/mol. The first-order chi connectivity index (χ1) is 16.0. The molecule has 0 aromatic carbocycles. The Labute approximate surface area is 201 Å². The van der Waals surface area contributed by atoms with E-state index in [1.165, 1.54) is 13.2 Å². The predicted octanol–water partition coefficient (Wildman–Crippen LogP) is 3.59. The van der Waals surface area contributed by atoms with Gasteiger partial charge in [0, 0.05) is 17.6 Å². The minimum atomic E-state index is -1.25. The zero-order chi connectivity index (χ0) is 24.9. The van der Waals surface area contributed by atoms with Gasteiger partial charge in [0.05, 0.1) is 19.3 Å². The summed E-state index contributed by atoms with van der Waals surface area (Å²) < 4.78 is 17.5. The van der Waals surface area contributed by atoms with Crippen LogP contribution in [0.3, 0.4) is 0 Å². The Morgan fingerprint density at radius 1 is 1.18 bits per heavy atom. The van der Waals surface area contributed by atoms with E-state index < -0.39 is 22.8 Å². The molecule has 2 N–H and O–H groups in total. The van der Waals surface area contributed by atoms with Crippen molar-refractivity contribution in [2.24, 2.45) is 23.7 Å². The molecule has 0 aromatic rings. The Morgan fingerprint density at radius 2 is 1.88 bits per heavy atom. The molecular weight excluding hydrogens is 436 g/mol. The molecule has 7 heteroatoms. The normalized spacial score (nSPS) is 43.9. The van der Waals surface area contributed by atoms with E-state index in [2.05, 4.69) is 13.8 Å². The van der Waals surface area contributed by atoms with Crippen molar-refractivity contribution in [3.8, 4) is 0 Å². The topological polar surface area (TPSA) is 109 Å². The van der Waals surface area contributed by atoms with Crippen LogP contribution in [-0.2, 0) is 23.8 Å². The summed E-state index contributed by atoms with van der Waals surface area (Å²) in [6.07, 6.45) is 13.7. The van der Waals surface area contributed by atoms with Crippen LogP contribution in [0.4, 0.5) is 0 Å². The van der Waals surface area contributed by atoms with Gasteiger partial charge in [-0.25, -0.2) is 9.59 Å². The Morgan fingerprint density at radius 3 is 2.53 bits per heavy atom. The lowest BCUT2D eigenvalue weighted by Crippen LogP contribution is -2.67. The highest BCUT2D eigenvalue weighted by Crippen LogP contribution is 2.70. The highest BCUT2D eigenvalue weighted by molar-refractivity contribution is 5.88. The third kappa shape index (κ3) is 3.69. The highest BCUT2D eigenvalue weighted by Gasteiger charge is 2.84. The van der Waals surface area contributed by atoms with Crippen LogP contribution in [0, 0.1) is 23.7 Å². The average molecular weight is 473 g/mol. The molecule has 2 heterocycles.